The van der Waals surface area contributed by atoms with Crippen LogP contribution in [0.2, 0.25) is 0 Å². The highest BCUT2D eigenvalue weighted by molar-refractivity contribution is 8.18. The fraction of sp³-hybridized carbons (Fsp3) is 0.889. The molecule has 3 rings (SSSR count). The van der Waals surface area contributed by atoms with Crippen LogP contribution >= 0.6 is 70.6 Å². The van der Waals surface area contributed by atoms with Crippen molar-refractivity contribution in [2.45, 2.75) is 36.7 Å². The van der Waals surface area contributed by atoms with Crippen LogP contribution in [0.1, 0.15) is 32.1 Å². The van der Waals surface area contributed by atoms with Crippen molar-refractivity contribution < 1.29 is 0 Å². The Balaban J connectivity index is 1.21. The van der Waals surface area contributed by atoms with Crippen molar-refractivity contribution in [3.63, 3.8) is 0 Å². The van der Waals surface area contributed by atoms with E-state index in [1.54, 1.807) is 4.91 Å². The van der Waals surface area contributed by atoms with E-state index >= 15 is 0 Å². The summed E-state index contributed by atoms with van der Waals surface area (Å²) in [6, 6.07) is 0. The second kappa shape index (κ2) is 12.3. The van der Waals surface area contributed by atoms with Crippen LogP contribution in [0.25, 0.3) is 0 Å². The van der Waals surface area contributed by atoms with Gasteiger partial charge in [0.1, 0.15) is 0 Å². The monoisotopic (exact) mass is 438 g/mol. The van der Waals surface area contributed by atoms with Crippen molar-refractivity contribution in [2.24, 2.45) is 11.8 Å². The van der Waals surface area contributed by atoms with Gasteiger partial charge in [0.25, 0.3) is 0 Å². The molecule has 0 aromatic carbocycles. The maximum Gasteiger partial charge on any atom is 0.0514 e. The Kier molecular flexibility index (Phi) is 10.6. The third-order valence-corrected chi connectivity index (χ3v) is 12.4. The summed E-state index contributed by atoms with van der Waals surface area (Å²) in [7, 11) is 0. The Labute approximate surface area is 174 Å². The van der Waals surface area contributed by atoms with Gasteiger partial charge in [-0.15, -0.1) is 47.0 Å². The van der Waals surface area contributed by atoms with Crippen molar-refractivity contribution in [1.82, 2.24) is 0 Å². The molecular weight excluding hydrogens is 409 g/mol. The summed E-state index contributed by atoms with van der Waals surface area (Å²) in [5.41, 5.74) is 0. The summed E-state index contributed by atoms with van der Waals surface area (Å²) in [4.78, 5) is 1.63. The summed E-state index contributed by atoms with van der Waals surface area (Å²) in [5.74, 6) is 12.9. The van der Waals surface area contributed by atoms with Crippen molar-refractivity contribution in [2.75, 3.05) is 46.0 Å². The van der Waals surface area contributed by atoms with E-state index in [0.29, 0.717) is 0 Å². The lowest BCUT2D eigenvalue weighted by atomic mass is 10.5. The molecular formula is C18H30S6. The lowest BCUT2D eigenvalue weighted by Gasteiger charge is -2.19. The molecule has 1 heterocycles. The Morgan fingerprint density at radius 1 is 0.875 bits per heavy atom. The topological polar surface area (TPSA) is 0 Å². The van der Waals surface area contributed by atoms with Gasteiger partial charge in [-0.05, 0) is 66.6 Å². The van der Waals surface area contributed by atoms with Crippen LogP contribution in [0.5, 0.6) is 0 Å². The normalized spacial score (nSPS) is 27.3. The van der Waals surface area contributed by atoms with E-state index in [1.807, 2.05) is 0 Å². The Morgan fingerprint density at radius 3 is 2.29 bits per heavy atom. The average molecular weight is 439 g/mol. The van der Waals surface area contributed by atoms with Gasteiger partial charge in [0, 0.05) is 33.7 Å². The van der Waals surface area contributed by atoms with Crippen LogP contribution < -0.4 is 0 Å². The number of rotatable bonds is 12. The molecule has 0 radical (unpaired) electrons. The van der Waals surface area contributed by atoms with Crippen LogP contribution in [-0.2, 0) is 0 Å². The lowest BCUT2D eigenvalue weighted by Crippen LogP contribution is -2.05. The van der Waals surface area contributed by atoms with Gasteiger partial charge in [0.15, 0.2) is 0 Å². The van der Waals surface area contributed by atoms with E-state index in [9.17, 15) is 0 Å². The predicted octanol–water partition coefficient (Wildman–Crippen LogP) is 6.78. The molecule has 1 aliphatic heterocycles. The summed E-state index contributed by atoms with van der Waals surface area (Å²) < 4.78 is 0.826. The smallest absolute Gasteiger partial charge is 0.0514 e. The summed E-state index contributed by atoms with van der Waals surface area (Å²) in [6.07, 6.45) is 7.37. The highest BCUT2D eigenvalue weighted by Gasteiger charge is 2.21. The predicted molar refractivity (Wildman–Crippen MR) is 126 cm³/mol. The maximum absolute atomic E-state index is 2.45. The van der Waals surface area contributed by atoms with E-state index in [1.165, 1.54) is 78.1 Å². The van der Waals surface area contributed by atoms with Gasteiger partial charge in [-0.25, -0.2) is 0 Å². The van der Waals surface area contributed by atoms with E-state index in [-0.39, 0.29) is 0 Å². The molecule has 0 N–H and O–H groups in total. The Morgan fingerprint density at radius 2 is 1.58 bits per heavy atom. The van der Waals surface area contributed by atoms with Crippen molar-refractivity contribution in [3.8, 4) is 0 Å². The molecule has 0 saturated heterocycles. The fourth-order valence-corrected chi connectivity index (χ4v) is 10.3. The summed E-state index contributed by atoms with van der Waals surface area (Å²) in [5, 5.41) is 2.45. The first-order valence-corrected chi connectivity index (χ1v) is 15.7. The first-order valence-electron chi connectivity index (χ1n) is 9.22. The molecule has 138 valence electrons. The first-order chi connectivity index (χ1) is 11.9. The molecule has 2 saturated carbocycles. The van der Waals surface area contributed by atoms with Gasteiger partial charge >= 0.3 is 0 Å². The third kappa shape index (κ3) is 9.68. The second-order valence-electron chi connectivity index (χ2n) is 6.74. The fourth-order valence-electron chi connectivity index (χ4n) is 2.35. The number of thioether (sulfide) groups is 6. The van der Waals surface area contributed by atoms with Crippen LogP contribution in [0.15, 0.2) is 10.3 Å². The van der Waals surface area contributed by atoms with Gasteiger partial charge < -0.3 is 0 Å². The molecule has 0 amide bonds. The van der Waals surface area contributed by atoms with Gasteiger partial charge in [-0.3, -0.25) is 0 Å². The third-order valence-electron chi connectivity index (χ3n) is 4.25. The average Bonchev–Trinajstić information content (AvgIpc) is 3.44. The molecule has 0 nitrogen and oxygen atoms in total. The maximum atomic E-state index is 2.45. The van der Waals surface area contributed by atoms with Gasteiger partial charge in [-0.1, -0.05) is 0 Å². The number of hydrogen-bond acceptors (Lipinski definition) is 6. The largest absolute Gasteiger partial charge is 0.161 e. The molecule has 1 atom stereocenters. The van der Waals surface area contributed by atoms with E-state index in [2.05, 4.69) is 76.0 Å². The summed E-state index contributed by atoms with van der Waals surface area (Å²) >= 11 is 13.0. The molecule has 2 fully saturated rings. The number of hydrogen-bond donors (Lipinski definition) is 0. The standard InChI is InChI=1S/C18H30S6/c1-2-15(1)11-20-7-9-22-17-13-19-6-5-18(24-14-17)23-10-8-21-12-16-3-4-16/h13,15-16,18H,1-12,14H2/b17-13+. The van der Waals surface area contributed by atoms with Gasteiger partial charge in [-0.2, -0.15) is 23.5 Å². The SMILES string of the molecule is C1=C(/SCCSCC2CC2)CSC(SCCSCC2CC2)CCS/1. The molecule has 0 aromatic heterocycles. The Bertz CT molecular complexity index is 378. The minimum Gasteiger partial charge on any atom is -0.161 e. The van der Waals surface area contributed by atoms with E-state index in [4.69, 9.17) is 0 Å². The molecule has 0 spiro atoms. The van der Waals surface area contributed by atoms with E-state index in [0.717, 1.165) is 16.4 Å². The zero-order chi connectivity index (χ0) is 16.5. The molecule has 0 bridgehead atoms. The van der Waals surface area contributed by atoms with Crippen LogP contribution in [0, 0.1) is 11.8 Å². The zero-order valence-corrected chi connectivity index (χ0v) is 19.4. The molecule has 24 heavy (non-hydrogen) atoms. The minimum atomic E-state index is 0.826. The minimum absolute atomic E-state index is 0.826. The van der Waals surface area contributed by atoms with Crippen LogP contribution in [-0.4, -0.2) is 50.6 Å². The molecule has 0 aromatic rings. The highest BCUT2D eigenvalue weighted by Crippen LogP contribution is 2.37. The first kappa shape index (κ1) is 20.6. The lowest BCUT2D eigenvalue weighted by molar-refractivity contribution is 1.00. The quantitative estimate of drug-likeness (QED) is 0.306. The van der Waals surface area contributed by atoms with Crippen LogP contribution in [0.3, 0.4) is 0 Å². The molecule has 3 aliphatic rings. The second-order valence-corrected chi connectivity index (χ2v) is 14.0. The molecule has 2 aliphatic carbocycles. The summed E-state index contributed by atoms with van der Waals surface area (Å²) in [6.45, 7) is 0. The van der Waals surface area contributed by atoms with Crippen molar-refractivity contribution >= 4 is 70.6 Å². The van der Waals surface area contributed by atoms with Gasteiger partial charge in [0.05, 0.1) is 4.58 Å². The van der Waals surface area contributed by atoms with Crippen LogP contribution in [0.4, 0.5) is 0 Å². The van der Waals surface area contributed by atoms with Crippen molar-refractivity contribution in [3.05, 3.63) is 10.3 Å². The zero-order valence-electron chi connectivity index (χ0n) is 14.5. The van der Waals surface area contributed by atoms with Gasteiger partial charge in [0.2, 0.25) is 0 Å². The van der Waals surface area contributed by atoms with Crippen molar-refractivity contribution in [1.29, 1.82) is 0 Å². The highest BCUT2D eigenvalue weighted by atomic mass is 32.2. The van der Waals surface area contributed by atoms with E-state index < -0.39 is 0 Å². The molecule has 6 heteroatoms. The molecule has 1 unspecified atom stereocenters. The Hall–Kier alpha value is 1.84.